The van der Waals surface area contributed by atoms with E-state index in [-0.39, 0.29) is 21.5 Å². The van der Waals surface area contributed by atoms with Crippen LogP contribution in [0.3, 0.4) is 0 Å². The molecule has 0 atom stereocenters. The van der Waals surface area contributed by atoms with Crippen molar-refractivity contribution in [3.8, 4) is 0 Å². The van der Waals surface area contributed by atoms with E-state index in [4.69, 9.17) is 11.6 Å². The van der Waals surface area contributed by atoms with Gasteiger partial charge in [0.15, 0.2) is 0 Å². The van der Waals surface area contributed by atoms with Crippen LogP contribution in [-0.4, -0.2) is 25.9 Å². The standard InChI is InChI=1S/C26H27ClFN3O3S/c27-24-18-22(12-13-25(24)28)31-35(33,34)23-10-5-8-20(17-23)7-3-1-2-4-16-30-26(32)14-11-21-9-6-15-29-19-21/h5-6,8-15,17-19,31H,1-4,7,16H2,(H,30,32)/b14-11+. The van der Waals surface area contributed by atoms with Crippen LogP contribution >= 0.6 is 11.6 Å². The first kappa shape index (κ1) is 26.4. The van der Waals surface area contributed by atoms with Gasteiger partial charge in [-0.3, -0.25) is 14.5 Å². The lowest BCUT2D eigenvalue weighted by atomic mass is 10.1. The number of rotatable bonds is 12. The minimum Gasteiger partial charge on any atom is -0.353 e. The average Bonchev–Trinajstić information content (AvgIpc) is 2.85. The molecule has 0 unspecified atom stereocenters. The Kier molecular flexibility index (Phi) is 9.81. The van der Waals surface area contributed by atoms with Crippen LogP contribution in [0.15, 0.2) is 78.0 Å². The Morgan fingerprint density at radius 2 is 1.86 bits per heavy atom. The fourth-order valence-electron chi connectivity index (χ4n) is 3.37. The fourth-order valence-corrected chi connectivity index (χ4v) is 4.67. The van der Waals surface area contributed by atoms with Gasteiger partial charge in [0.1, 0.15) is 5.82 Å². The first-order valence-corrected chi connectivity index (χ1v) is 13.1. The summed E-state index contributed by atoms with van der Waals surface area (Å²) in [5.41, 5.74) is 1.98. The molecule has 0 radical (unpaired) electrons. The van der Waals surface area contributed by atoms with Crippen LogP contribution in [0.25, 0.3) is 6.08 Å². The van der Waals surface area contributed by atoms with Gasteiger partial charge in [-0.1, -0.05) is 42.6 Å². The molecule has 2 N–H and O–H groups in total. The van der Waals surface area contributed by atoms with Crippen molar-refractivity contribution in [2.24, 2.45) is 0 Å². The lowest BCUT2D eigenvalue weighted by molar-refractivity contribution is -0.116. The molecule has 0 aliphatic carbocycles. The van der Waals surface area contributed by atoms with Crippen LogP contribution in [-0.2, 0) is 21.2 Å². The summed E-state index contributed by atoms with van der Waals surface area (Å²) in [6.45, 7) is 0.600. The molecule has 184 valence electrons. The van der Waals surface area contributed by atoms with Crippen LogP contribution in [0, 0.1) is 5.82 Å². The number of amides is 1. The van der Waals surface area contributed by atoms with E-state index in [0.29, 0.717) is 6.54 Å². The van der Waals surface area contributed by atoms with Crippen molar-refractivity contribution < 1.29 is 17.6 Å². The molecule has 3 rings (SSSR count). The molecule has 6 nitrogen and oxygen atoms in total. The monoisotopic (exact) mass is 515 g/mol. The quantitative estimate of drug-likeness (QED) is 0.242. The van der Waals surface area contributed by atoms with E-state index in [1.807, 2.05) is 18.2 Å². The molecule has 0 fully saturated rings. The Morgan fingerprint density at radius 3 is 2.63 bits per heavy atom. The van der Waals surface area contributed by atoms with E-state index >= 15 is 0 Å². The molecule has 0 spiro atoms. The number of carbonyl (C=O) groups is 1. The Labute approximate surface area is 210 Å². The summed E-state index contributed by atoms with van der Waals surface area (Å²) in [4.78, 5) is 16.0. The maximum absolute atomic E-state index is 13.3. The zero-order chi connectivity index (χ0) is 25.1. The predicted octanol–water partition coefficient (Wildman–Crippen LogP) is 5.61. The largest absolute Gasteiger partial charge is 0.353 e. The zero-order valence-corrected chi connectivity index (χ0v) is 20.7. The number of benzene rings is 2. The predicted molar refractivity (Wildman–Crippen MR) is 137 cm³/mol. The summed E-state index contributed by atoms with van der Waals surface area (Å²) in [6.07, 6.45) is 11.0. The third-order valence-corrected chi connectivity index (χ3v) is 6.85. The first-order valence-electron chi connectivity index (χ1n) is 11.3. The number of aryl methyl sites for hydroxylation is 1. The van der Waals surface area contributed by atoms with Gasteiger partial charge in [0.2, 0.25) is 5.91 Å². The van der Waals surface area contributed by atoms with Crippen molar-refractivity contribution >= 4 is 39.3 Å². The molecule has 1 amide bonds. The highest BCUT2D eigenvalue weighted by molar-refractivity contribution is 7.92. The molecule has 2 aromatic carbocycles. The fraction of sp³-hybridized carbons (Fsp3) is 0.231. The average molecular weight is 516 g/mol. The van der Waals surface area contributed by atoms with Gasteiger partial charge >= 0.3 is 0 Å². The Hall–Kier alpha value is -3.23. The highest BCUT2D eigenvalue weighted by Gasteiger charge is 2.15. The van der Waals surface area contributed by atoms with Crippen LogP contribution < -0.4 is 10.0 Å². The van der Waals surface area contributed by atoms with Crippen molar-refractivity contribution in [3.63, 3.8) is 0 Å². The molecule has 1 heterocycles. The number of sulfonamides is 1. The smallest absolute Gasteiger partial charge is 0.261 e. The molecule has 0 aliphatic heterocycles. The van der Waals surface area contributed by atoms with Gasteiger partial charge in [0.25, 0.3) is 10.0 Å². The molecule has 9 heteroatoms. The number of nitrogens with one attached hydrogen (secondary N) is 2. The lowest BCUT2D eigenvalue weighted by Gasteiger charge is -2.10. The minimum absolute atomic E-state index is 0.136. The highest BCUT2D eigenvalue weighted by atomic mass is 35.5. The second-order valence-electron chi connectivity index (χ2n) is 7.96. The highest BCUT2D eigenvalue weighted by Crippen LogP contribution is 2.23. The summed E-state index contributed by atoms with van der Waals surface area (Å²) in [5, 5.41) is 2.71. The molecule has 0 aliphatic rings. The van der Waals surface area contributed by atoms with Gasteiger partial charge in [0, 0.05) is 25.0 Å². The van der Waals surface area contributed by atoms with Crippen molar-refractivity contribution in [3.05, 3.63) is 95.0 Å². The number of pyridine rings is 1. The summed E-state index contributed by atoms with van der Waals surface area (Å²) in [7, 11) is -3.82. The maximum atomic E-state index is 13.3. The molecule has 1 aromatic heterocycles. The van der Waals surface area contributed by atoms with E-state index < -0.39 is 15.8 Å². The second kappa shape index (κ2) is 13.0. The summed E-state index contributed by atoms with van der Waals surface area (Å²) in [6, 6.07) is 14.1. The number of nitrogens with zero attached hydrogens (tertiary/aromatic N) is 1. The van der Waals surface area contributed by atoms with Crippen molar-refractivity contribution in [1.29, 1.82) is 0 Å². The van der Waals surface area contributed by atoms with E-state index in [9.17, 15) is 17.6 Å². The molecular weight excluding hydrogens is 489 g/mol. The van der Waals surface area contributed by atoms with E-state index in [1.165, 1.54) is 24.3 Å². The third-order valence-electron chi connectivity index (χ3n) is 5.18. The molecule has 0 saturated heterocycles. The van der Waals surface area contributed by atoms with Gasteiger partial charge in [-0.15, -0.1) is 0 Å². The van der Waals surface area contributed by atoms with E-state index in [0.717, 1.165) is 49.3 Å². The van der Waals surface area contributed by atoms with Crippen molar-refractivity contribution in [1.82, 2.24) is 10.3 Å². The van der Waals surface area contributed by atoms with Crippen molar-refractivity contribution in [2.75, 3.05) is 11.3 Å². The number of hydrogen-bond donors (Lipinski definition) is 2. The summed E-state index contributed by atoms with van der Waals surface area (Å²) < 4.78 is 41.1. The Morgan fingerprint density at radius 1 is 1.03 bits per heavy atom. The molecular formula is C26H27ClFN3O3S. The molecule has 0 saturated carbocycles. The number of aromatic nitrogens is 1. The number of carbonyl (C=O) groups excluding carboxylic acids is 1. The lowest BCUT2D eigenvalue weighted by Crippen LogP contribution is -2.21. The van der Waals surface area contributed by atoms with Crippen LogP contribution in [0.1, 0.15) is 36.8 Å². The maximum Gasteiger partial charge on any atom is 0.261 e. The normalized spacial score (nSPS) is 11.5. The van der Waals surface area contributed by atoms with Gasteiger partial charge in [0.05, 0.1) is 15.6 Å². The summed E-state index contributed by atoms with van der Waals surface area (Å²) >= 11 is 5.73. The van der Waals surface area contributed by atoms with E-state index in [2.05, 4.69) is 15.0 Å². The summed E-state index contributed by atoms with van der Waals surface area (Å²) in [5.74, 6) is -0.750. The molecule has 3 aromatic rings. The van der Waals surface area contributed by atoms with Gasteiger partial charge < -0.3 is 5.32 Å². The van der Waals surface area contributed by atoms with Crippen LogP contribution in [0.4, 0.5) is 10.1 Å². The first-order chi connectivity index (χ1) is 16.8. The number of anilines is 1. The second-order valence-corrected chi connectivity index (χ2v) is 10.0. The Balaban J connectivity index is 1.38. The number of hydrogen-bond acceptors (Lipinski definition) is 4. The van der Waals surface area contributed by atoms with Crippen LogP contribution in [0.2, 0.25) is 5.02 Å². The van der Waals surface area contributed by atoms with Gasteiger partial charge in [-0.2, -0.15) is 0 Å². The third kappa shape index (κ3) is 8.81. The zero-order valence-electron chi connectivity index (χ0n) is 19.1. The van der Waals surface area contributed by atoms with Gasteiger partial charge in [-0.05, 0) is 72.9 Å². The Bertz CT molecular complexity index is 1270. The molecule has 0 bridgehead atoms. The van der Waals surface area contributed by atoms with Gasteiger partial charge in [-0.25, -0.2) is 12.8 Å². The molecule has 35 heavy (non-hydrogen) atoms. The topological polar surface area (TPSA) is 88.2 Å². The van der Waals surface area contributed by atoms with Crippen LogP contribution in [0.5, 0.6) is 0 Å². The number of unbranched alkanes of at least 4 members (excludes halogenated alkanes) is 3. The minimum atomic E-state index is -3.82. The van der Waals surface area contributed by atoms with Crippen molar-refractivity contribution in [2.45, 2.75) is 37.0 Å². The number of halogens is 2. The SMILES string of the molecule is O=C(/C=C/c1cccnc1)NCCCCCCc1cccc(S(=O)(=O)Nc2ccc(F)c(Cl)c2)c1. The van der Waals surface area contributed by atoms with E-state index in [1.54, 1.807) is 30.6 Å².